The SMILES string of the molecule is CCOc1ccc(N2C(=O)C(=O)C(=C(O)c3ccc(C)cc3)C2c2cccnc2)cc1. The number of nitrogens with zero attached hydrogens (tertiary/aromatic N) is 2. The van der Waals surface area contributed by atoms with Crippen LogP contribution in [0.2, 0.25) is 0 Å². The van der Waals surface area contributed by atoms with E-state index >= 15 is 0 Å². The second-order valence-corrected chi connectivity index (χ2v) is 7.25. The lowest BCUT2D eigenvalue weighted by Gasteiger charge is -2.25. The maximum absolute atomic E-state index is 13.1. The Kier molecular flexibility index (Phi) is 5.54. The van der Waals surface area contributed by atoms with Crippen LogP contribution in [0, 0.1) is 6.92 Å². The van der Waals surface area contributed by atoms with Crippen LogP contribution in [-0.4, -0.2) is 28.4 Å². The summed E-state index contributed by atoms with van der Waals surface area (Å²) >= 11 is 0. The topological polar surface area (TPSA) is 79.7 Å². The van der Waals surface area contributed by atoms with Crippen molar-refractivity contribution in [2.45, 2.75) is 19.9 Å². The van der Waals surface area contributed by atoms with E-state index in [-0.39, 0.29) is 11.3 Å². The molecule has 2 heterocycles. The third-order valence-corrected chi connectivity index (χ3v) is 5.20. The maximum atomic E-state index is 13.1. The Balaban J connectivity index is 1.87. The number of hydrogen-bond acceptors (Lipinski definition) is 5. The van der Waals surface area contributed by atoms with Gasteiger partial charge in [0.2, 0.25) is 0 Å². The Hall–Kier alpha value is -3.93. The van der Waals surface area contributed by atoms with Gasteiger partial charge in [-0.3, -0.25) is 19.5 Å². The molecule has 1 unspecified atom stereocenters. The standard InChI is InChI=1S/C25H22N2O4/c1-3-31-20-12-10-19(11-13-20)27-22(18-5-4-14-26-15-18)21(24(29)25(27)30)23(28)17-8-6-16(2)7-9-17/h4-15,22,28H,3H2,1-2H3. The molecule has 1 N–H and O–H groups in total. The molecule has 6 nitrogen and oxygen atoms in total. The van der Waals surface area contributed by atoms with Gasteiger partial charge in [0.25, 0.3) is 11.7 Å². The van der Waals surface area contributed by atoms with Gasteiger partial charge in [-0.05, 0) is 49.7 Å². The Labute approximate surface area is 180 Å². The summed E-state index contributed by atoms with van der Waals surface area (Å²) < 4.78 is 5.48. The summed E-state index contributed by atoms with van der Waals surface area (Å²) in [5.74, 6) is -0.978. The normalized spacial score (nSPS) is 17.7. The lowest BCUT2D eigenvalue weighted by atomic mass is 9.96. The number of aliphatic hydroxyl groups is 1. The highest BCUT2D eigenvalue weighted by Crippen LogP contribution is 2.42. The van der Waals surface area contributed by atoms with Crippen molar-refractivity contribution in [3.05, 3.63) is 95.3 Å². The first-order valence-corrected chi connectivity index (χ1v) is 10.0. The molecule has 1 saturated heterocycles. The molecule has 31 heavy (non-hydrogen) atoms. The van der Waals surface area contributed by atoms with Crippen molar-refractivity contribution in [1.82, 2.24) is 4.98 Å². The van der Waals surface area contributed by atoms with Crippen molar-refractivity contribution in [3.63, 3.8) is 0 Å². The summed E-state index contributed by atoms with van der Waals surface area (Å²) in [5, 5.41) is 11.0. The van der Waals surface area contributed by atoms with Gasteiger partial charge in [0.1, 0.15) is 11.5 Å². The quantitative estimate of drug-likeness (QED) is 0.380. The molecular weight excluding hydrogens is 392 g/mol. The lowest BCUT2D eigenvalue weighted by Crippen LogP contribution is -2.29. The van der Waals surface area contributed by atoms with Crippen LogP contribution in [0.4, 0.5) is 5.69 Å². The Morgan fingerprint density at radius 3 is 2.39 bits per heavy atom. The van der Waals surface area contributed by atoms with Gasteiger partial charge in [0.15, 0.2) is 0 Å². The molecule has 1 aliphatic heterocycles. The van der Waals surface area contributed by atoms with Gasteiger partial charge in [-0.15, -0.1) is 0 Å². The number of benzene rings is 2. The second-order valence-electron chi connectivity index (χ2n) is 7.25. The smallest absolute Gasteiger partial charge is 0.300 e. The first-order valence-electron chi connectivity index (χ1n) is 10.0. The maximum Gasteiger partial charge on any atom is 0.300 e. The lowest BCUT2D eigenvalue weighted by molar-refractivity contribution is -0.132. The van der Waals surface area contributed by atoms with Crippen molar-refractivity contribution in [2.24, 2.45) is 0 Å². The zero-order valence-electron chi connectivity index (χ0n) is 17.3. The summed E-state index contributed by atoms with van der Waals surface area (Å²) in [5.41, 5.74) is 2.70. The van der Waals surface area contributed by atoms with E-state index in [0.29, 0.717) is 29.2 Å². The molecule has 0 spiro atoms. The van der Waals surface area contributed by atoms with Crippen LogP contribution in [0.25, 0.3) is 5.76 Å². The van der Waals surface area contributed by atoms with Crippen LogP contribution in [-0.2, 0) is 9.59 Å². The predicted octanol–water partition coefficient (Wildman–Crippen LogP) is 4.42. The van der Waals surface area contributed by atoms with Crippen LogP contribution < -0.4 is 9.64 Å². The number of aliphatic hydroxyl groups excluding tert-OH is 1. The molecule has 0 aliphatic carbocycles. The molecule has 0 saturated carbocycles. The van der Waals surface area contributed by atoms with Gasteiger partial charge < -0.3 is 9.84 Å². The van der Waals surface area contributed by atoms with Crippen molar-refractivity contribution in [1.29, 1.82) is 0 Å². The fourth-order valence-electron chi connectivity index (χ4n) is 3.69. The van der Waals surface area contributed by atoms with E-state index in [1.165, 1.54) is 4.90 Å². The molecule has 156 valence electrons. The summed E-state index contributed by atoms with van der Waals surface area (Å²) in [6.45, 7) is 4.35. The number of rotatable bonds is 5. The van der Waals surface area contributed by atoms with E-state index in [1.54, 1.807) is 60.9 Å². The Morgan fingerprint density at radius 1 is 1.06 bits per heavy atom. The van der Waals surface area contributed by atoms with Crippen molar-refractivity contribution < 1.29 is 19.4 Å². The monoisotopic (exact) mass is 414 g/mol. The number of aryl methyl sites for hydroxylation is 1. The van der Waals surface area contributed by atoms with E-state index in [0.717, 1.165) is 5.56 Å². The molecule has 0 radical (unpaired) electrons. The van der Waals surface area contributed by atoms with Crippen molar-refractivity contribution >= 4 is 23.1 Å². The molecule has 4 rings (SSSR count). The number of amides is 1. The number of Topliss-reactive ketones (excluding diaryl/α,β-unsaturated/α-hetero) is 1. The number of pyridine rings is 1. The van der Waals surface area contributed by atoms with Crippen molar-refractivity contribution in [3.8, 4) is 5.75 Å². The predicted molar refractivity (Wildman–Crippen MR) is 118 cm³/mol. The molecule has 1 amide bonds. The second kappa shape index (κ2) is 8.44. The number of aromatic nitrogens is 1. The van der Waals surface area contributed by atoms with E-state index in [4.69, 9.17) is 4.74 Å². The van der Waals surface area contributed by atoms with E-state index in [9.17, 15) is 14.7 Å². The number of ether oxygens (including phenoxy) is 1. The molecule has 1 atom stereocenters. The number of anilines is 1. The molecule has 1 fully saturated rings. The summed E-state index contributed by atoms with van der Waals surface area (Å²) in [7, 11) is 0. The molecule has 6 heteroatoms. The van der Waals surface area contributed by atoms with Gasteiger partial charge in [0, 0.05) is 23.6 Å². The highest BCUT2D eigenvalue weighted by Gasteiger charge is 2.47. The van der Waals surface area contributed by atoms with Gasteiger partial charge in [-0.2, -0.15) is 0 Å². The number of carbonyl (C=O) groups excluding carboxylic acids is 2. The zero-order valence-corrected chi connectivity index (χ0v) is 17.3. The zero-order chi connectivity index (χ0) is 22.0. The fraction of sp³-hybridized carbons (Fsp3) is 0.160. The molecule has 1 aromatic heterocycles. The first-order chi connectivity index (χ1) is 15.0. The summed E-state index contributed by atoms with van der Waals surface area (Å²) in [6.07, 6.45) is 3.22. The van der Waals surface area contributed by atoms with E-state index in [2.05, 4.69) is 4.98 Å². The minimum atomic E-state index is -0.798. The molecule has 3 aromatic rings. The number of carbonyl (C=O) groups is 2. The molecule has 2 aromatic carbocycles. The Morgan fingerprint density at radius 2 is 1.77 bits per heavy atom. The minimum absolute atomic E-state index is 0.0377. The van der Waals surface area contributed by atoms with E-state index in [1.807, 2.05) is 26.0 Å². The van der Waals surface area contributed by atoms with Crippen LogP contribution in [0.15, 0.2) is 78.6 Å². The molecule has 0 bridgehead atoms. The van der Waals surface area contributed by atoms with Crippen LogP contribution in [0.1, 0.15) is 29.7 Å². The average Bonchev–Trinajstić information content (AvgIpc) is 3.06. The van der Waals surface area contributed by atoms with Crippen LogP contribution in [0.5, 0.6) is 5.75 Å². The Bertz CT molecular complexity index is 1140. The van der Waals surface area contributed by atoms with Crippen molar-refractivity contribution in [2.75, 3.05) is 11.5 Å². The van der Waals surface area contributed by atoms with Gasteiger partial charge in [0.05, 0.1) is 18.2 Å². The highest BCUT2D eigenvalue weighted by molar-refractivity contribution is 6.51. The average molecular weight is 414 g/mol. The van der Waals surface area contributed by atoms with Gasteiger partial charge in [-0.1, -0.05) is 35.9 Å². The third kappa shape index (κ3) is 3.80. The number of hydrogen-bond donors (Lipinski definition) is 1. The largest absolute Gasteiger partial charge is 0.507 e. The summed E-state index contributed by atoms with van der Waals surface area (Å²) in [4.78, 5) is 31.7. The first kappa shape index (κ1) is 20.3. The highest BCUT2D eigenvalue weighted by atomic mass is 16.5. The molecule has 1 aliphatic rings. The third-order valence-electron chi connectivity index (χ3n) is 5.20. The minimum Gasteiger partial charge on any atom is -0.507 e. The van der Waals surface area contributed by atoms with Crippen LogP contribution in [0.3, 0.4) is 0 Å². The van der Waals surface area contributed by atoms with E-state index < -0.39 is 17.7 Å². The fourth-order valence-corrected chi connectivity index (χ4v) is 3.69. The van der Waals surface area contributed by atoms with Gasteiger partial charge >= 0.3 is 0 Å². The molecular formula is C25H22N2O4. The number of ketones is 1. The summed E-state index contributed by atoms with van der Waals surface area (Å²) in [6, 6.07) is 16.8. The van der Waals surface area contributed by atoms with Crippen LogP contribution >= 0.6 is 0 Å². The van der Waals surface area contributed by atoms with Gasteiger partial charge in [-0.25, -0.2) is 0 Å².